The van der Waals surface area contributed by atoms with Crippen molar-refractivity contribution in [3.8, 4) is 0 Å². The quantitative estimate of drug-likeness (QED) is 0.665. The van der Waals surface area contributed by atoms with Gasteiger partial charge in [-0.25, -0.2) is 8.78 Å². The third-order valence-electron chi connectivity index (χ3n) is 1.46. The molecule has 0 aliphatic carbocycles. The number of alkyl halides is 2. The highest BCUT2D eigenvalue weighted by molar-refractivity contribution is 6.30. The summed E-state index contributed by atoms with van der Waals surface area (Å²) in [6.07, 6.45) is -2.52. The molecule has 0 spiro atoms. The highest BCUT2D eigenvalue weighted by Crippen LogP contribution is 2.22. The number of allylic oxidation sites excluding steroid dienone is 1. The summed E-state index contributed by atoms with van der Waals surface area (Å²) in [6.45, 7) is 3.26. The third kappa shape index (κ3) is 2.05. The lowest BCUT2D eigenvalue weighted by molar-refractivity contribution is 0.215. The van der Waals surface area contributed by atoms with Gasteiger partial charge in [0.15, 0.2) is 0 Å². The van der Waals surface area contributed by atoms with E-state index in [1.54, 1.807) is 18.2 Å². The summed E-state index contributed by atoms with van der Waals surface area (Å²) < 4.78 is 24.2. The van der Waals surface area contributed by atoms with Gasteiger partial charge in [0.1, 0.15) is 0 Å². The molecule has 0 radical (unpaired) electrons. The topological polar surface area (TPSA) is 0 Å². The molecule has 0 aromatic heterocycles. The Bertz CT molecular complexity index is 294. The van der Waals surface area contributed by atoms with Gasteiger partial charge in [-0.2, -0.15) is 0 Å². The molecule has 0 atom stereocenters. The van der Waals surface area contributed by atoms with Crippen molar-refractivity contribution in [2.24, 2.45) is 0 Å². The van der Waals surface area contributed by atoms with Crippen molar-refractivity contribution in [3.05, 3.63) is 41.4 Å². The normalized spacial score (nSPS) is 10.3. The van der Waals surface area contributed by atoms with Gasteiger partial charge in [-0.15, -0.1) is 0 Å². The van der Waals surface area contributed by atoms with E-state index < -0.39 is 6.43 Å². The Morgan fingerprint density at radius 3 is 2.58 bits per heavy atom. The fourth-order valence-electron chi connectivity index (χ4n) is 0.814. The summed E-state index contributed by atoms with van der Waals surface area (Å²) in [7, 11) is 0. The molecule has 0 amide bonds. The van der Waals surface area contributed by atoms with Crippen LogP contribution in [0.4, 0.5) is 8.78 Å². The minimum atomic E-state index is -2.52. The Hall–Kier alpha value is -0.890. The zero-order valence-electron chi connectivity index (χ0n) is 6.23. The van der Waals surface area contributed by atoms with E-state index in [1.807, 2.05) is 0 Å². The number of hydrogen-bond acceptors (Lipinski definition) is 0. The van der Waals surface area contributed by atoms with Crippen LogP contribution in [0.2, 0.25) is 5.02 Å². The Kier molecular flexibility index (Phi) is 2.82. The van der Waals surface area contributed by atoms with Crippen LogP contribution in [-0.2, 0) is 0 Å². The van der Waals surface area contributed by atoms with Crippen LogP contribution >= 0.6 is 11.6 Å². The lowest BCUT2D eigenvalue weighted by Crippen LogP contribution is -1.93. The predicted octanol–water partition coefficient (Wildman–Crippen LogP) is 3.62. The zero-order chi connectivity index (χ0) is 9.14. The molecule has 0 N–H and O–H groups in total. The molecule has 0 unspecified atom stereocenters. The van der Waals surface area contributed by atoms with Crippen LogP contribution in [0.3, 0.4) is 0 Å². The van der Waals surface area contributed by atoms with Gasteiger partial charge in [-0.3, -0.25) is 0 Å². The molecule has 1 aromatic carbocycles. The number of halogens is 3. The molecular weight excluding hydrogens is 182 g/mol. The molecule has 0 saturated heterocycles. The van der Waals surface area contributed by atoms with Gasteiger partial charge in [0.25, 0.3) is 6.43 Å². The summed E-state index contributed by atoms with van der Waals surface area (Å²) in [5, 5.41) is 0.439. The van der Waals surface area contributed by atoms with E-state index >= 15 is 0 Å². The van der Waals surface area contributed by atoms with E-state index in [-0.39, 0.29) is 5.57 Å². The van der Waals surface area contributed by atoms with Crippen molar-refractivity contribution in [1.82, 2.24) is 0 Å². The first-order valence-electron chi connectivity index (χ1n) is 3.34. The Morgan fingerprint density at radius 1 is 1.42 bits per heavy atom. The van der Waals surface area contributed by atoms with Gasteiger partial charge in [0, 0.05) is 10.6 Å². The molecule has 0 fully saturated rings. The summed E-state index contributed by atoms with van der Waals surface area (Å²) in [5.74, 6) is 0. The lowest BCUT2D eigenvalue weighted by atomic mass is 10.1. The molecule has 0 aliphatic rings. The summed E-state index contributed by atoms with van der Waals surface area (Å²) in [6, 6.07) is 6.27. The second-order valence-corrected chi connectivity index (χ2v) is 2.77. The average Bonchev–Trinajstić information content (AvgIpc) is 2.03. The van der Waals surface area contributed by atoms with Crippen molar-refractivity contribution in [3.63, 3.8) is 0 Å². The monoisotopic (exact) mass is 188 g/mol. The second-order valence-electron chi connectivity index (χ2n) is 2.34. The first-order valence-corrected chi connectivity index (χ1v) is 3.72. The highest BCUT2D eigenvalue weighted by atomic mass is 35.5. The molecule has 12 heavy (non-hydrogen) atoms. The van der Waals surface area contributed by atoms with Crippen molar-refractivity contribution in [2.45, 2.75) is 6.43 Å². The van der Waals surface area contributed by atoms with Crippen molar-refractivity contribution >= 4 is 17.2 Å². The van der Waals surface area contributed by atoms with E-state index in [1.165, 1.54) is 6.07 Å². The SMILES string of the molecule is C=C(c1cccc(Cl)c1)C(F)F. The summed E-state index contributed by atoms with van der Waals surface area (Å²) in [4.78, 5) is 0. The zero-order valence-corrected chi connectivity index (χ0v) is 6.98. The Balaban J connectivity index is 2.96. The minimum absolute atomic E-state index is 0.197. The van der Waals surface area contributed by atoms with Crippen LogP contribution in [0.15, 0.2) is 30.8 Å². The van der Waals surface area contributed by atoms with Crippen LogP contribution in [0.1, 0.15) is 5.56 Å². The Labute approximate surface area is 74.5 Å². The average molecular weight is 189 g/mol. The fourth-order valence-corrected chi connectivity index (χ4v) is 1.00. The predicted molar refractivity (Wildman–Crippen MR) is 46.5 cm³/mol. The molecule has 1 rings (SSSR count). The highest BCUT2D eigenvalue weighted by Gasteiger charge is 2.10. The summed E-state index contributed by atoms with van der Waals surface area (Å²) >= 11 is 5.61. The molecule has 0 bridgehead atoms. The maximum atomic E-state index is 12.1. The Morgan fingerprint density at radius 2 is 2.08 bits per heavy atom. The molecule has 0 nitrogen and oxygen atoms in total. The van der Waals surface area contributed by atoms with E-state index in [2.05, 4.69) is 6.58 Å². The van der Waals surface area contributed by atoms with Crippen LogP contribution in [0.25, 0.3) is 5.57 Å². The molecule has 1 aromatic rings. The first-order chi connectivity index (χ1) is 5.61. The van der Waals surface area contributed by atoms with Crippen molar-refractivity contribution in [2.75, 3.05) is 0 Å². The third-order valence-corrected chi connectivity index (χ3v) is 1.69. The maximum Gasteiger partial charge on any atom is 0.263 e. The van der Waals surface area contributed by atoms with E-state index in [4.69, 9.17) is 11.6 Å². The van der Waals surface area contributed by atoms with E-state index in [9.17, 15) is 8.78 Å². The minimum Gasteiger partial charge on any atom is -0.205 e. The number of rotatable bonds is 2. The van der Waals surface area contributed by atoms with Crippen molar-refractivity contribution in [1.29, 1.82) is 0 Å². The van der Waals surface area contributed by atoms with Crippen LogP contribution < -0.4 is 0 Å². The lowest BCUT2D eigenvalue weighted by Gasteiger charge is -2.03. The van der Waals surface area contributed by atoms with Gasteiger partial charge in [-0.05, 0) is 17.7 Å². The fraction of sp³-hybridized carbons (Fsp3) is 0.111. The van der Waals surface area contributed by atoms with Crippen LogP contribution in [0, 0.1) is 0 Å². The van der Waals surface area contributed by atoms with Crippen LogP contribution in [0.5, 0.6) is 0 Å². The van der Waals surface area contributed by atoms with Gasteiger partial charge in [0.05, 0.1) is 0 Å². The van der Waals surface area contributed by atoms with Gasteiger partial charge in [-0.1, -0.05) is 30.3 Å². The number of hydrogen-bond donors (Lipinski definition) is 0. The molecule has 0 saturated carbocycles. The van der Waals surface area contributed by atoms with Gasteiger partial charge < -0.3 is 0 Å². The molecular formula is C9H7ClF2. The smallest absolute Gasteiger partial charge is 0.205 e. The standard InChI is InChI=1S/C9H7ClF2/c1-6(9(11)12)7-3-2-4-8(10)5-7/h2-5,9H,1H2. The largest absolute Gasteiger partial charge is 0.263 e. The first kappa shape index (κ1) is 9.20. The van der Waals surface area contributed by atoms with Crippen LogP contribution in [-0.4, -0.2) is 6.43 Å². The van der Waals surface area contributed by atoms with Crippen molar-refractivity contribution < 1.29 is 8.78 Å². The summed E-state index contributed by atoms with van der Waals surface area (Å²) in [5.41, 5.74) is 0.190. The molecule has 0 aliphatic heterocycles. The second kappa shape index (κ2) is 3.68. The van der Waals surface area contributed by atoms with Gasteiger partial charge in [0.2, 0.25) is 0 Å². The number of benzene rings is 1. The molecule has 3 heteroatoms. The molecule has 0 heterocycles. The van der Waals surface area contributed by atoms with Gasteiger partial charge >= 0.3 is 0 Å². The van der Waals surface area contributed by atoms with E-state index in [0.29, 0.717) is 10.6 Å². The van der Waals surface area contributed by atoms with E-state index in [0.717, 1.165) is 0 Å². The maximum absolute atomic E-state index is 12.1. The molecule has 64 valence electrons.